The Balaban J connectivity index is 3.35. The maximum absolute atomic E-state index is 11.6. The van der Waals surface area contributed by atoms with Crippen molar-refractivity contribution >= 4 is 24.0 Å². The monoisotopic (exact) mass is 269 g/mol. The minimum absolute atomic E-state index is 0.223. The fourth-order valence-electron chi connectivity index (χ4n) is 1.90. The smallest absolute Gasteiger partial charge is 0.334 e. The highest BCUT2D eigenvalue weighted by Gasteiger charge is 2.42. The molecule has 0 saturated carbocycles. The Kier molecular flexibility index (Phi) is 4.35. The molecule has 4 nitrogen and oxygen atoms in total. The first-order valence-corrected chi connectivity index (χ1v) is 5.95. The fraction of sp³-hybridized carbons (Fsp3) is 0.385. The Morgan fingerprint density at radius 3 is 2.22 bits per heavy atom. The third-order valence-electron chi connectivity index (χ3n) is 3.01. The van der Waals surface area contributed by atoms with E-state index in [1.165, 1.54) is 11.8 Å². The molecule has 1 rings (SSSR count). The lowest BCUT2D eigenvalue weighted by Crippen LogP contribution is -2.52. The van der Waals surface area contributed by atoms with Gasteiger partial charge in [0.1, 0.15) is 0 Å². The zero-order chi connectivity index (χ0) is 13.9. The number of hydrogen-bond donors (Lipinski definition) is 1. The third-order valence-corrected chi connectivity index (χ3v) is 3.26. The maximum Gasteiger partial charge on any atom is 0.334 e. The molecule has 0 aliphatic rings. The molecule has 98 valence electrons. The van der Waals surface area contributed by atoms with Crippen molar-refractivity contribution in [1.29, 1.82) is 0 Å². The molecular weight excluding hydrogens is 254 g/mol. The number of carboxylic acids is 1. The lowest BCUT2D eigenvalue weighted by atomic mass is 9.89. The number of amides is 1. The summed E-state index contributed by atoms with van der Waals surface area (Å²) in [5, 5.41) is 9.99. The van der Waals surface area contributed by atoms with Crippen LogP contribution in [-0.4, -0.2) is 28.4 Å². The second kappa shape index (κ2) is 5.40. The van der Waals surface area contributed by atoms with Gasteiger partial charge in [0, 0.05) is 11.1 Å². The molecule has 1 atom stereocenters. The van der Waals surface area contributed by atoms with Crippen LogP contribution in [0.1, 0.15) is 26.3 Å². The lowest BCUT2D eigenvalue weighted by Gasteiger charge is -2.38. The molecular formula is C13H16ClNO3. The van der Waals surface area contributed by atoms with Crippen molar-refractivity contribution in [3.63, 3.8) is 0 Å². The van der Waals surface area contributed by atoms with Gasteiger partial charge in [0.15, 0.2) is 5.54 Å². The van der Waals surface area contributed by atoms with E-state index in [-0.39, 0.29) is 6.04 Å². The molecule has 0 fully saturated rings. The van der Waals surface area contributed by atoms with Crippen LogP contribution in [0.25, 0.3) is 0 Å². The number of carbonyl (C=O) groups is 2. The summed E-state index contributed by atoms with van der Waals surface area (Å²) in [5.41, 5.74) is -0.888. The Morgan fingerprint density at radius 1 is 1.39 bits per heavy atom. The van der Waals surface area contributed by atoms with Crippen LogP contribution in [0.3, 0.4) is 0 Å². The Labute approximate surface area is 111 Å². The zero-order valence-electron chi connectivity index (χ0n) is 10.6. The van der Waals surface area contributed by atoms with Crippen molar-refractivity contribution < 1.29 is 14.7 Å². The summed E-state index contributed by atoms with van der Waals surface area (Å²) in [4.78, 5) is 24.0. The van der Waals surface area contributed by atoms with E-state index >= 15 is 0 Å². The number of rotatable bonds is 5. The van der Waals surface area contributed by atoms with Crippen LogP contribution in [0.4, 0.5) is 0 Å². The Hall–Kier alpha value is -1.55. The molecule has 0 radical (unpaired) electrons. The predicted octanol–water partition coefficient (Wildman–Crippen LogP) is 2.51. The average Bonchev–Trinajstić information content (AvgIpc) is 2.29. The summed E-state index contributed by atoms with van der Waals surface area (Å²) in [5.74, 6) is -1.08. The van der Waals surface area contributed by atoms with Crippen molar-refractivity contribution in [2.45, 2.75) is 32.4 Å². The molecule has 1 unspecified atom stereocenters. The maximum atomic E-state index is 11.6. The summed E-state index contributed by atoms with van der Waals surface area (Å²) in [6.07, 6.45) is 0.563. The number of nitrogens with zero attached hydrogens (tertiary/aromatic N) is 1. The van der Waals surface area contributed by atoms with Gasteiger partial charge in [-0.25, -0.2) is 4.79 Å². The van der Waals surface area contributed by atoms with Gasteiger partial charge in [-0.05, 0) is 38.5 Å². The molecule has 0 bridgehead atoms. The first-order valence-electron chi connectivity index (χ1n) is 5.57. The molecule has 1 N–H and O–H groups in total. The van der Waals surface area contributed by atoms with E-state index in [0.717, 1.165) is 0 Å². The quantitative estimate of drug-likeness (QED) is 0.836. The van der Waals surface area contributed by atoms with E-state index in [4.69, 9.17) is 11.6 Å². The summed E-state index contributed by atoms with van der Waals surface area (Å²) >= 11 is 5.79. The van der Waals surface area contributed by atoms with Crippen LogP contribution >= 0.6 is 11.6 Å². The Morgan fingerprint density at radius 2 is 1.89 bits per heavy atom. The molecule has 5 heteroatoms. The molecule has 0 aromatic heterocycles. The minimum Gasteiger partial charge on any atom is -0.479 e. The summed E-state index contributed by atoms with van der Waals surface area (Å²) < 4.78 is 0. The van der Waals surface area contributed by atoms with Crippen LogP contribution < -0.4 is 0 Å². The number of aliphatic carboxylic acids is 1. The normalized spacial score (nSPS) is 14.1. The highest BCUT2D eigenvalue weighted by Crippen LogP contribution is 2.30. The van der Waals surface area contributed by atoms with E-state index in [2.05, 4.69) is 0 Å². The van der Waals surface area contributed by atoms with Gasteiger partial charge >= 0.3 is 5.97 Å². The topological polar surface area (TPSA) is 57.6 Å². The minimum atomic E-state index is -1.40. The van der Waals surface area contributed by atoms with Crippen molar-refractivity contribution in [1.82, 2.24) is 4.90 Å². The van der Waals surface area contributed by atoms with Gasteiger partial charge in [-0.3, -0.25) is 4.79 Å². The first-order chi connectivity index (χ1) is 8.33. The number of benzene rings is 1. The molecule has 1 aromatic rings. The van der Waals surface area contributed by atoms with E-state index in [1.54, 1.807) is 38.1 Å². The molecule has 0 heterocycles. The zero-order valence-corrected chi connectivity index (χ0v) is 11.3. The molecule has 1 amide bonds. The molecule has 18 heavy (non-hydrogen) atoms. The summed E-state index contributed by atoms with van der Waals surface area (Å²) in [6.45, 7) is 5.05. The fourth-order valence-corrected chi connectivity index (χ4v) is 2.03. The van der Waals surface area contributed by atoms with E-state index in [0.29, 0.717) is 17.0 Å². The van der Waals surface area contributed by atoms with Gasteiger partial charge in [0.05, 0.1) is 0 Å². The largest absolute Gasteiger partial charge is 0.479 e. The van der Waals surface area contributed by atoms with Gasteiger partial charge in [0.2, 0.25) is 6.41 Å². The second-order valence-electron chi connectivity index (χ2n) is 4.49. The van der Waals surface area contributed by atoms with Gasteiger partial charge in [0.25, 0.3) is 0 Å². The predicted molar refractivity (Wildman–Crippen MR) is 69.5 cm³/mol. The van der Waals surface area contributed by atoms with Crippen LogP contribution in [-0.2, 0) is 15.1 Å². The van der Waals surface area contributed by atoms with E-state index in [9.17, 15) is 14.7 Å². The number of carboxylic acid groups (broad SMARTS) is 1. The third kappa shape index (κ3) is 2.48. The van der Waals surface area contributed by atoms with Gasteiger partial charge < -0.3 is 10.0 Å². The molecule has 0 aliphatic heterocycles. The molecule has 0 aliphatic carbocycles. The van der Waals surface area contributed by atoms with Crippen molar-refractivity contribution in [3.05, 3.63) is 34.9 Å². The average molecular weight is 270 g/mol. The standard InChI is InChI=1S/C13H16ClNO3/c1-9(2)15(8-16)13(3,12(17)18)10-4-6-11(14)7-5-10/h4-9H,1-3H3,(H,17,18). The first kappa shape index (κ1) is 14.5. The highest BCUT2D eigenvalue weighted by molar-refractivity contribution is 6.30. The Bertz CT molecular complexity index is 444. The van der Waals surface area contributed by atoms with Gasteiger partial charge in [-0.2, -0.15) is 0 Å². The van der Waals surface area contributed by atoms with Crippen LogP contribution in [0, 0.1) is 0 Å². The lowest BCUT2D eigenvalue weighted by molar-refractivity contribution is -0.156. The number of halogens is 1. The van der Waals surface area contributed by atoms with Gasteiger partial charge in [-0.15, -0.1) is 0 Å². The number of hydrogen-bond acceptors (Lipinski definition) is 2. The molecule has 0 saturated heterocycles. The van der Waals surface area contributed by atoms with Gasteiger partial charge in [-0.1, -0.05) is 23.7 Å². The summed E-state index contributed by atoms with van der Waals surface area (Å²) in [6, 6.07) is 6.24. The van der Waals surface area contributed by atoms with E-state index < -0.39 is 11.5 Å². The summed E-state index contributed by atoms with van der Waals surface area (Å²) in [7, 11) is 0. The van der Waals surface area contributed by atoms with Crippen molar-refractivity contribution in [3.8, 4) is 0 Å². The molecule has 1 aromatic carbocycles. The second-order valence-corrected chi connectivity index (χ2v) is 4.93. The highest BCUT2D eigenvalue weighted by atomic mass is 35.5. The van der Waals surface area contributed by atoms with Crippen LogP contribution in [0.15, 0.2) is 24.3 Å². The van der Waals surface area contributed by atoms with E-state index in [1.807, 2.05) is 0 Å². The van der Waals surface area contributed by atoms with Crippen molar-refractivity contribution in [2.75, 3.05) is 0 Å². The van der Waals surface area contributed by atoms with Crippen LogP contribution in [0.2, 0.25) is 5.02 Å². The van der Waals surface area contributed by atoms with Crippen LogP contribution in [0.5, 0.6) is 0 Å². The number of carbonyl (C=O) groups excluding carboxylic acids is 1. The molecule has 0 spiro atoms. The van der Waals surface area contributed by atoms with Crippen molar-refractivity contribution in [2.24, 2.45) is 0 Å². The SMILES string of the molecule is CC(C)N(C=O)C(C)(C(=O)O)c1ccc(Cl)cc1.